The van der Waals surface area contributed by atoms with Crippen LogP contribution >= 0.6 is 0 Å². The van der Waals surface area contributed by atoms with E-state index in [2.05, 4.69) is 34.5 Å². The molecular formula is C18H24N2O. The molecule has 0 aromatic heterocycles. The van der Waals surface area contributed by atoms with Gasteiger partial charge in [0.05, 0.1) is 5.41 Å². The number of anilines is 1. The molecular weight excluding hydrogens is 260 g/mol. The summed E-state index contributed by atoms with van der Waals surface area (Å²) in [5.74, 6) is 0.398. The summed E-state index contributed by atoms with van der Waals surface area (Å²) in [6.45, 7) is 2.06. The zero-order valence-electron chi connectivity index (χ0n) is 12.6. The molecule has 0 atom stereocenters. The largest absolute Gasteiger partial charge is 0.317 e. The van der Waals surface area contributed by atoms with Crippen molar-refractivity contribution in [1.29, 1.82) is 0 Å². The van der Waals surface area contributed by atoms with Gasteiger partial charge in [0.15, 0.2) is 0 Å². The van der Waals surface area contributed by atoms with Gasteiger partial charge in [-0.2, -0.15) is 0 Å². The number of carbonyl (C=O) groups is 1. The number of nitrogens with zero attached hydrogens (tertiary/aromatic N) is 1. The van der Waals surface area contributed by atoms with E-state index in [9.17, 15) is 4.79 Å². The molecule has 2 heterocycles. The van der Waals surface area contributed by atoms with Gasteiger partial charge in [-0.05, 0) is 50.4 Å². The van der Waals surface area contributed by atoms with Crippen LogP contribution < -0.4 is 10.2 Å². The molecule has 112 valence electrons. The molecule has 2 fully saturated rings. The second kappa shape index (κ2) is 5.13. The van der Waals surface area contributed by atoms with Gasteiger partial charge in [-0.15, -0.1) is 0 Å². The fraction of sp³-hybridized carbons (Fsp3) is 0.611. The number of para-hydroxylation sites is 1. The highest BCUT2D eigenvalue weighted by Gasteiger charge is 2.52. The van der Waals surface area contributed by atoms with Crippen molar-refractivity contribution < 1.29 is 4.79 Å². The van der Waals surface area contributed by atoms with Gasteiger partial charge < -0.3 is 10.2 Å². The molecule has 3 aliphatic rings. The van der Waals surface area contributed by atoms with Crippen LogP contribution in [-0.2, 0) is 10.2 Å². The third kappa shape index (κ3) is 1.94. The number of hydrogen-bond donors (Lipinski definition) is 1. The van der Waals surface area contributed by atoms with Gasteiger partial charge in [0.1, 0.15) is 0 Å². The van der Waals surface area contributed by atoms with E-state index in [1.165, 1.54) is 30.5 Å². The zero-order chi connectivity index (χ0) is 14.3. The van der Waals surface area contributed by atoms with E-state index in [1.54, 1.807) is 0 Å². The summed E-state index contributed by atoms with van der Waals surface area (Å²) in [4.78, 5) is 15.5. The van der Waals surface area contributed by atoms with Gasteiger partial charge in [0, 0.05) is 11.7 Å². The molecule has 3 heteroatoms. The maximum atomic E-state index is 13.3. The molecule has 0 radical (unpaired) electrons. The molecule has 1 aromatic rings. The molecule has 1 aliphatic carbocycles. The van der Waals surface area contributed by atoms with Crippen molar-refractivity contribution in [2.75, 3.05) is 18.0 Å². The number of fused-ring (bicyclic) bond motifs is 2. The van der Waals surface area contributed by atoms with Gasteiger partial charge >= 0.3 is 0 Å². The highest BCUT2D eigenvalue weighted by atomic mass is 16.2. The lowest BCUT2D eigenvalue weighted by molar-refractivity contribution is -0.124. The lowest BCUT2D eigenvalue weighted by Gasteiger charge is -2.36. The zero-order valence-corrected chi connectivity index (χ0v) is 12.6. The van der Waals surface area contributed by atoms with Crippen molar-refractivity contribution >= 4 is 11.6 Å². The molecule has 1 saturated carbocycles. The first kappa shape index (κ1) is 13.3. The molecule has 21 heavy (non-hydrogen) atoms. The van der Waals surface area contributed by atoms with E-state index in [4.69, 9.17) is 0 Å². The molecule has 1 saturated heterocycles. The third-order valence-corrected chi connectivity index (χ3v) is 5.69. The van der Waals surface area contributed by atoms with Gasteiger partial charge in [-0.25, -0.2) is 0 Å². The Morgan fingerprint density at radius 1 is 1.05 bits per heavy atom. The number of amides is 1. The molecule has 1 aromatic carbocycles. The number of piperidine rings is 1. The second-order valence-corrected chi connectivity index (χ2v) is 6.82. The highest BCUT2D eigenvalue weighted by molar-refractivity contribution is 6.08. The van der Waals surface area contributed by atoms with E-state index >= 15 is 0 Å². The monoisotopic (exact) mass is 284 g/mol. The van der Waals surface area contributed by atoms with Crippen LogP contribution in [0, 0.1) is 0 Å². The molecule has 2 aliphatic heterocycles. The topological polar surface area (TPSA) is 32.3 Å². The molecule has 3 nitrogen and oxygen atoms in total. The molecule has 1 amide bonds. The van der Waals surface area contributed by atoms with E-state index < -0.39 is 0 Å². The Kier molecular flexibility index (Phi) is 3.26. The van der Waals surface area contributed by atoms with Crippen LogP contribution in [0.4, 0.5) is 5.69 Å². The Bertz CT molecular complexity index is 542. The summed E-state index contributed by atoms with van der Waals surface area (Å²) in [6.07, 6.45) is 7.92. The van der Waals surface area contributed by atoms with Gasteiger partial charge in [0.2, 0.25) is 5.91 Å². The summed E-state index contributed by atoms with van der Waals surface area (Å²) in [7, 11) is 0. The maximum absolute atomic E-state index is 13.3. The number of carbonyl (C=O) groups excluding carboxylic acids is 1. The quantitative estimate of drug-likeness (QED) is 0.860. The van der Waals surface area contributed by atoms with Crippen LogP contribution in [0.25, 0.3) is 0 Å². The Hall–Kier alpha value is -1.35. The highest BCUT2D eigenvalue weighted by Crippen LogP contribution is 2.51. The van der Waals surface area contributed by atoms with Crippen LogP contribution in [-0.4, -0.2) is 25.0 Å². The molecule has 0 bridgehead atoms. The smallest absolute Gasteiger partial charge is 0.237 e. The van der Waals surface area contributed by atoms with Crippen LogP contribution in [0.2, 0.25) is 0 Å². The van der Waals surface area contributed by atoms with E-state index in [0.29, 0.717) is 11.9 Å². The summed E-state index contributed by atoms with van der Waals surface area (Å²) in [5.41, 5.74) is 2.32. The molecule has 4 rings (SSSR count). The lowest BCUT2D eigenvalue weighted by Crippen LogP contribution is -2.49. The minimum Gasteiger partial charge on any atom is -0.317 e. The number of rotatable bonds is 1. The SMILES string of the molecule is O=C1N(C2CCNCC2)c2ccccc2C12CCCCC2. The van der Waals surface area contributed by atoms with Crippen molar-refractivity contribution in [2.24, 2.45) is 0 Å². The van der Waals surface area contributed by atoms with E-state index in [-0.39, 0.29) is 5.41 Å². The molecule has 1 N–H and O–H groups in total. The fourth-order valence-corrected chi connectivity index (χ4v) is 4.61. The van der Waals surface area contributed by atoms with Crippen molar-refractivity contribution in [2.45, 2.75) is 56.4 Å². The van der Waals surface area contributed by atoms with Crippen LogP contribution in [0.15, 0.2) is 24.3 Å². The first-order valence-corrected chi connectivity index (χ1v) is 8.47. The van der Waals surface area contributed by atoms with Crippen molar-refractivity contribution in [1.82, 2.24) is 5.32 Å². The standard InChI is InChI=1S/C18H24N2O/c21-17-18(10-4-1-5-11-18)15-6-2-3-7-16(15)20(17)14-8-12-19-13-9-14/h2-3,6-7,14,19H,1,4-5,8-13H2. The first-order valence-electron chi connectivity index (χ1n) is 8.47. The molecule has 1 spiro atoms. The predicted molar refractivity (Wildman–Crippen MR) is 84.6 cm³/mol. The van der Waals surface area contributed by atoms with Crippen molar-refractivity contribution in [3.05, 3.63) is 29.8 Å². The predicted octanol–water partition coefficient (Wildman–Crippen LogP) is 2.99. The van der Waals surface area contributed by atoms with Crippen LogP contribution in [0.5, 0.6) is 0 Å². The maximum Gasteiger partial charge on any atom is 0.237 e. The Balaban J connectivity index is 1.77. The minimum absolute atomic E-state index is 0.195. The summed E-state index contributed by atoms with van der Waals surface area (Å²) in [6, 6.07) is 8.95. The van der Waals surface area contributed by atoms with Gasteiger partial charge in [-0.3, -0.25) is 4.79 Å². The summed E-state index contributed by atoms with van der Waals surface area (Å²) in [5, 5.41) is 3.41. The van der Waals surface area contributed by atoms with E-state index in [1.807, 2.05) is 0 Å². The van der Waals surface area contributed by atoms with E-state index in [0.717, 1.165) is 38.8 Å². The van der Waals surface area contributed by atoms with Crippen LogP contribution in [0.3, 0.4) is 0 Å². The third-order valence-electron chi connectivity index (χ3n) is 5.69. The van der Waals surface area contributed by atoms with Gasteiger partial charge in [-0.1, -0.05) is 37.5 Å². The average molecular weight is 284 g/mol. The fourth-order valence-electron chi connectivity index (χ4n) is 4.61. The number of hydrogen-bond acceptors (Lipinski definition) is 2. The Morgan fingerprint density at radius 2 is 1.76 bits per heavy atom. The lowest BCUT2D eigenvalue weighted by atomic mass is 9.70. The second-order valence-electron chi connectivity index (χ2n) is 6.82. The van der Waals surface area contributed by atoms with Crippen molar-refractivity contribution in [3.8, 4) is 0 Å². The number of nitrogens with one attached hydrogen (secondary N) is 1. The first-order chi connectivity index (χ1) is 10.3. The van der Waals surface area contributed by atoms with Gasteiger partial charge in [0.25, 0.3) is 0 Å². The Labute approximate surface area is 126 Å². The number of benzene rings is 1. The average Bonchev–Trinajstić information content (AvgIpc) is 2.79. The summed E-state index contributed by atoms with van der Waals surface area (Å²) >= 11 is 0. The van der Waals surface area contributed by atoms with Crippen LogP contribution in [0.1, 0.15) is 50.5 Å². The molecule has 0 unspecified atom stereocenters. The Morgan fingerprint density at radius 3 is 2.52 bits per heavy atom. The summed E-state index contributed by atoms with van der Waals surface area (Å²) < 4.78 is 0. The van der Waals surface area contributed by atoms with Crippen molar-refractivity contribution in [3.63, 3.8) is 0 Å². The normalized spacial score (nSPS) is 25.3. The minimum atomic E-state index is -0.195.